The van der Waals surface area contributed by atoms with E-state index in [1.54, 1.807) is 6.92 Å². The quantitative estimate of drug-likeness (QED) is 0.131. The van der Waals surface area contributed by atoms with Gasteiger partial charge in [0, 0.05) is 45.1 Å². The Morgan fingerprint density at radius 3 is 2.39 bits per heavy atom. The third kappa shape index (κ3) is 13.1. The van der Waals surface area contributed by atoms with Gasteiger partial charge in [0.2, 0.25) is 11.8 Å². The summed E-state index contributed by atoms with van der Waals surface area (Å²) in [6.07, 6.45) is 5.25. The van der Waals surface area contributed by atoms with Crippen molar-refractivity contribution in [2.75, 3.05) is 45.6 Å². The van der Waals surface area contributed by atoms with Crippen molar-refractivity contribution in [2.24, 2.45) is 5.92 Å². The summed E-state index contributed by atoms with van der Waals surface area (Å²) in [5, 5.41) is 7.65. The van der Waals surface area contributed by atoms with Crippen LogP contribution in [-0.2, 0) is 28.0 Å². The fourth-order valence-corrected chi connectivity index (χ4v) is 7.19. The standard InChI is InChI=1S/C23H41BN6O9P2/c1-4-40(34)23(41(35,36)37)29-20(31)6-5-9-30-10-12-38-24(39-13-11-30)19(14-17(2)3)28-21(32)16-27-22(33)18-15-25-7-8-26-18/h7-8,15,17,19,23,40H,4-6,9-14,16H2,1-3H3,(H,27,33)(H,28,32)(H,29,31)(H2,35,36,37)/t19-,23?/m1/s1. The molecule has 2 heterocycles. The molecular weight excluding hydrogens is 577 g/mol. The Morgan fingerprint density at radius 2 is 1.83 bits per heavy atom. The van der Waals surface area contributed by atoms with Crippen molar-refractivity contribution in [2.45, 2.75) is 51.5 Å². The molecule has 15 nitrogen and oxygen atoms in total. The molecule has 0 bridgehead atoms. The minimum Gasteiger partial charge on any atom is -0.408 e. The molecule has 1 saturated heterocycles. The molecule has 2 unspecified atom stereocenters. The van der Waals surface area contributed by atoms with Gasteiger partial charge in [0.1, 0.15) is 13.5 Å². The summed E-state index contributed by atoms with van der Waals surface area (Å²) in [6, 6.07) is 0. The van der Waals surface area contributed by atoms with Crippen molar-refractivity contribution in [3.63, 3.8) is 0 Å². The lowest BCUT2D eigenvalue weighted by molar-refractivity contribution is -0.121. The molecule has 1 aliphatic heterocycles. The van der Waals surface area contributed by atoms with Gasteiger partial charge >= 0.3 is 14.7 Å². The SMILES string of the molecule is CC[PH](=O)C(NC(=O)CCCN1CCOB([C@@H](CC(C)C)NC(=O)CNC(=O)c2cnccn2)OCC1)P(=O)(O)O. The average molecular weight is 618 g/mol. The van der Waals surface area contributed by atoms with E-state index >= 15 is 0 Å². The molecule has 1 aromatic heterocycles. The molecule has 41 heavy (non-hydrogen) atoms. The van der Waals surface area contributed by atoms with Crippen molar-refractivity contribution in [3.05, 3.63) is 24.3 Å². The van der Waals surface area contributed by atoms with Gasteiger partial charge in [0.25, 0.3) is 5.91 Å². The highest BCUT2D eigenvalue weighted by atomic mass is 31.2. The Hall–Kier alpha value is -2.19. The Labute approximate surface area is 241 Å². The van der Waals surface area contributed by atoms with Crippen LogP contribution in [0.25, 0.3) is 0 Å². The highest BCUT2D eigenvalue weighted by Gasteiger charge is 2.35. The minimum absolute atomic E-state index is 0.0199. The van der Waals surface area contributed by atoms with E-state index in [0.29, 0.717) is 45.7 Å². The van der Waals surface area contributed by atoms with E-state index in [4.69, 9.17) is 9.31 Å². The fraction of sp³-hybridized carbons (Fsp3) is 0.696. The van der Waals surface area contributed by atoms with E-state index in [1.165, 1.54) is 18.6 Å². The molecule has 0 saturated carbocycles. The van der Waals surface area contributed by atoms with Crippen molar-refractivity contribution in [3.8, 4) is 0 Å². The van der Waals surface area contributed by atoms with Crippen molar-refractivity contribution in [1.82, 2.24) is 30.8 Å². The largest absolute Gasteiger partial charge is 0.480 e. The van der Waals surface area contributed by atoms with Crippen LogP contribution in [0.4, 0.5) is 0 Å². The zero-order chi connectivity index (χ0) is 30.4. The van der Waals surface area contributed by atoms with E-state index in [-0.39, 0.29) is 30.7 Å². The lowest BCUT2D eigenvalue weighted by atomic mass is 9.73. The van der Waals surface area contributed by atoms with Crippen LogP contribution >= 0.6 is 15.4 Å². The number of nitrogens with zero attached hydrogens (tertiary/aromatic N) is 3. The summed E-state index contributed by atoms with van der Waals surface area (Å²) in [7, 11) is -8.06. The molecule has 1 aromatic rings. The van der Waals surface area contributed by atoms with Crippen LogP contribution in [0.15, 0.2) is 18.6 Å². The average Bonchev–Trinajstić information content (AvgIpc) is 2.90. The van der Waals surface area contributed by atoms with Crippen LogP contribution in [0.5, 0.6) is 0 Å². The smallest absolute Gasteiger partial charge is 0.408 e. The molecule has 3 amide bonds. The Balaban J connectivity index is 1.80. The Morgan fingerprint density at radius 1 is 1.15 bits per heavy atom. The topological polar surface area (TPSA) is 209 Å². The number of carbonyl (C=O) groups excluding carboxylic acids is 3. The first-order chi connectivity index (χ1) is 19.4. The predicted molar refractivity (Wildman–Crippen MR) is 153 cm³/mol. The molecule has 0 aromatic carbocycles. The summed E-state index contributed by atoms with van der Waals surface area (Å²) < 4.78 is 35.5. The van der Waals surface area contributed by atoms with Crippen LogP contribution < -0.4 is 16.0 Å². The van der Waals surface area contributed by atoms with Gasteiger partial charge in [0.15, 0.2) is 5.52 Å². The maximum Gasteiger partial charge on any atom is 0.480 e. The number of hydrogen-bond donors (Lipinski definition) is 5. The van der Waals surface area contributed by atoms with Gasteiger partial charge in [-0.1, -0.05) is 20.8 Å². The Kier molecular flexibility index (Phi) is 15.1. The first-order valence-corrected chi connectivity index (χ1v) is 16.9. The van der Waals surface area contributed by atoms with E-state index in [2.05, 4.69) is 25.9 Å². The summed E-state index contributed by atoms with van der Waals surface area (Å²) in [5.41, 5.74) is -1.53. The third-order valence-corrected chi connectivity index (χ3v) is 10.3. The van der Waals surface area contributed by atoms with Gasteiger partial charge in [-0.25, -0.2) is 4.98 Å². The lowest BCUT2D eigenvalue weighted by Gasteiger charge is -2.31. The number of hydrogen-bond acceptors (Lipinski definition) is 10. The molecule has 3 atom stereocenters. The minimum atomic E-state index is -4.72. The number of nitrogens with one attached hydrogen (secondary N) is 3. The summed E-state index contributed by atoms with van der Waals surface area (Å²) in [4.78, 5) is 65.6. The van der Waals surface area contributed by atoms with Gasteiger partial charge in [-0.2, -0.15) is 0 Å². The molecule has 2 rings (SSSR count). The second-order valence-corrected chi connectivity index (χ2v) is 14.4. The molecular formula is C23H41BN6O9P2. The molecule has 18 heteroatoms. The predicted octanol–water partition coefficient (Wildman–Crippen LogP) is 0.0508. The van der Waals surface area contributed by atoms with Crippen LogP contribution in [-0.4, -0.2) is 107 Å². The van der Waals surface area contributed by atoms with E-state index in [1.807, 2.05) is 18.7 Å². The van der Waals surface area contributed by atoms with E-state index in [0.717, 1.165) is 0 Å². The van der Waals surface area contributed by atoms with Gasteiger partial charge in [-0.15, -0.1) is 0 Å². The molecule has 1 aliphatic rings. The molecule has 230 valence electrons. The van der Waals surface area contributed by atoms with Crippen molar-refractivity contribution < 1.29 is 42.6 Å². The summed E-state index contributed by atoms with van der Waals surface area (Å²) in [5.74, 6) is -1.68. The van der Waals surface area contributed by atoms with Gasteiger partial charge in [-0.3, -0.25) is 28.8 Å². The van der Waals surface area contributed by atoms with E-state index in [9.17, 15) is 33.3 Å². The van der Waals surface area contributed by atoms with Crippen LogP contribution in [0.3, 0.4) is 0 Å². The van der Waals surface area contributed by atoms with E-state index < -0.39 is 51.7 Å². The third-order valence-electron chi connectivity index (χ3n) is 6.15. The maximum absolute atomic E-state index is 12.6. The van der Waals surface area contributed by atoms with Gasteiger partial charge in [-0.05, 0) is 31.5 Å². The zero-order valence-electron chi connectivity index (χ0n) is 23.7. The number of aromatic nitrogens is 2. The first-order valence-electron chi connectivity index (χ1n) is 13.6. The second-order valence-electron chi connectivity index (χ2n) is 10.0. The highest BCUT2D eigenvalue weighted by molar-refractivity contribution is 7.67. The molecule has 0 radical (unpaired) electrons. The number of carbonyl (C=O) groups is 3. The molecule has 0 spiro atoms. The first kappa shape index (κ1) is 35.0. The molecule has 0 aliphatic carbocycles. The van der Waals surface area contributed by atoms with Crippen LogP contribution in [0, 0.1) is 5.92 Å². The van der Waals surface area contributed by atoms with Crippen molar-refractivity contribution >= 4 is 40.2 Å². The monoisotopic (exact) mass is 618 g/mol. The van der Waals surface area contributed by atoms with Crippen LogP contribution in [0.2, 0.25) is 0 Å². The van der Waals surface area contributed by atoms with Gasteiger partial charge in [0.05, 0.1) is 18.7 Å². The second kappa shape index (κ2) is 17.7. The summed E-state index contributed by atoms with van der Waals surface area (Å²) >= 11 is 0. The zero-order valence-corrected chi connectivity index (χ0v) is 25.5. The fourth-order valence-electron chi connectivity index (χ4n) is 4.12. The number of rotatable bonds is 15. The normalized spacial score (nSPS) is 17.2. The molecule has 5 N–H and O–H groups in total. The van der Waals surface area contributed by atoms with Gasteiger partial charge < -0.3 is 39.6 Å². The maximum atomic E-state index is 12.6. The van der Waals surface area contributed by atoms with Crippen LogP contribution in [0.1, 0.15) is 50.5 Å². The summed E-state index contributed by atoms with van der Waals surface area (Å²) in [6.45, 7) is 7.56. The Bertz CT molecular complexity index is 1060. The lowest BCUT2D eigenvalue weighted by Crippen LogP contribution is -2.54. The van der Waals surface area contributed by atoms with Crippen molar-refractivity contribution in [1.29, 1.82) is 0 Å². The number of amides is 3. The molecule has 1 fully saturated rings. The highest BCUT2D eigenvalue weighted by Crippen LogP contribution is 2.51.